The van der Waals surface area contributed by atoms with Gasteiger partial charge >= 0.3 is 0 Å². The summed E-state index contributed by atoms with van der Waals surface area (Å²) in [4.78, 5) is 28.6. The van der Waals surface area contributed by atoms with Crippen LogP contribution in [0.1, 0.15) is 17.5 Å². The third-order valence-electron chi connectivity index (χ3n) is 7.02. The van der Waals surface area contributed by atoms with E-state index in [1.807, 2.05) is 60.7 Å². The largest absolute Gasteiger partial charge is 0.482 e. The first-order chi connectivity index (χ1) is 19.9. The second-order valence-corrected chi connectivity index (χ2v) is 11.0. The highest BCUT2D eigenvalue weighted by Crippen LogP contribution is 2.35. The Morgan fingerprint density at radius 3 is 2.54 bits per heavy atom. The lowest BCUT2D eigenvalue weighted by molar-refractivity contribution is -0.138. The van der Waals surface area contributed by atoms with Gasteiger partial charge in [0.05, 0.1) is 22.6 Å². The van der Waals surface area contributed by atoms with Gasteiger partial charge in [0.2, 0.25) is 18.6 Å². The van der Waals surface area contributed by atoms with Crippen molar-refractivity contribution in [1.29, 1.82) is 0 Å². The molecule has 2 amide bonds. The van der Waals surface area contributed by atoms with Gasteiger partial charge in [0.15, 0.2) is 11.5 Å². The number of hydrogen-bond acceptors (Lipinski definition) is 7. The second kappa shape index (κ2) is 13.4. The molecule has 0 unspecified atom stereocenters. The van der Waals surface area contributed by atoms with E-state index in [-0.39, 0.29) is 51.1 Å². The summed E-state index contributed by atoms with van der Waals surface area (Å²) in [7, 11) is 0. The number of halogens is 1. The Balaban J connectivity index is 1.49. The molecule has 10 heteroatoms. The number of amides is 2. The zero-order valence-corrected chi connectivity index (χ0v) is 24.4. The van der Waals surface area contributed by atoms with Crippen molar-refractivity contribution in [2.45, 2.75) is 37.6 Å². The molecule has 0 aromatic heterocycles. The predicted octanol–water partition coefficient (Wildman–Crippen LogP) is 3.21. The maximum atomic E-state index is 13.9. The molecule has 0 spiro atoms. The quantitative estimate of drug-likeness (QED) is 0.284. The second-order valence-electron chi connectivity index (χ2n) is 9.82. The van der Waals surface area contributed by atoms with E-state index < -0.39 is 18.2 Å². The molecule has 3 atom stereocenters. The number of hydrogen-bond donors (Lipinski definition) is 3. The van der Waals surface area contributed by atoms with Crippen molar-refractivity contribution in [1.82, 2.24) is 10.2 Å². The molecular formula is C31H31IN2O7. The van der Waals surface area contributed by atoms with E-state index in [1.165, 1.54) is 0 Å². The molecule has 0 bridgehead atoms. The van der Waals surface area contributed by atoms with Crippen LogP contribution in [0, 0.1) is 3.57 Å². The molecule has 3 aromatic carbocycles. The van der Waals surface area contributed by atoms with Crippen LogP contribution in [-0.4, -0.2) is 65.1 Å². The summed E-state index contributed by atoms with van der Waals surface area (Å²) in [5, 5.41) is 23.6. The van der Waals surface area contributed by atoms with Crippen molar-refractivity contribution >= 4 is 34.4 Å². The highest BCUT2D eigenvalue weighted by Gasteiger charge is 2.40. The van der Waals surface area contributed by atoms with Crippen LogP contribution >= 0.6 is 22.6 Å². The van der Waals surface area contributed by atoms with Gasteiger partial charge in [0.1, 0.15) is 18.0 Å². The Hall–Kier alpha value is -3.61. The third kappa shape index (κ3) is 7.00. The normalized spacial score (nSPS) is 19.3. The van der Waals surface area contributed by atoms with E-state index in [4.69, 9.17) is 14.2 Å². The van der Waals surface area contributed by atoms with Gasteiger partial charge in [-0.25, -0.2) is 0 Å². The molecule has 0 saturated heterocycles. The van der Waals surface area contributed by atoms with Gasteiger partial charge in [0, 0.05) is 25.1 Å². The van der Waals surface area contributed by atoms with Crippen LogP contribution in [0.2, 0.25) is 0 Å². The van der Waals surface area contributed by atoms with E-state index in [9.17, 15) is 19.8 Å². The van der Waals surface area contributed by atoms with Crippen LogP contribution in [0.25, 0.3) is 0 Å². The minimum atomic E-state index is -1.13. The van der Waals surface area contributed by atoms with Crippen LogP contribution in [0.5, 0.6) is 17.2 Å². The molecule has 0 fully saturated rings. The first-order valence-corrected chi connectivity index (χ1v) is 14.4. The summed E-state index contributed by atoms with van der Waals surface area (Å²) < 4.78 is 18.1. The Bertz CT molecular complexity index is 1410. The van der Waals surface area contributed by atoms with Crippen molar-refractivity contribution in [3.63, 3.8) is 0 Å². The summed E-state index contributed by atoms with van der Waals surface area (Å²) in [5.74, 6) is 1.19. The van der Waals surface area contributed by atoms with Crippen LogP contribution < -0.4 is 19.5 Å². The molecular weight excluding hydrogens is 639 g/mol. The number of para-hydroxylation sites is 1. The molecule has 3 aromatic rings. The smallest absolute Gasteiger partial charge is 0.247 e. The zero-order chi connectivity index (χ0) is 28.8. The fourth-order valence-corrected chi connectivity index (χ4v) is 5.48. The van der Waals surface area contributed by atoms with Gasteiger partial charge in [-0.15, -0.1) is 0 Å². The lowest BCUT2D eigenvalue weighted by atomic mass is 9.87. The lowest BCUT2D eigenvalue weighted by Crippen LogP contribution is -2.55. The van der Waals surface area contributed by atoms with E-state index in [1.54, 1.807) is 23.1 Å². The van der Waals surface area contributed by atoms with E-state index in [2.05, 4.69) is 27.9 Å². The van der Waals surface area contributed by atoms with E-state index in [0.717, 1.165) is 14.7 Å². The summed E-state index contributed by atoms with van der Waals surface area (Å²) in [6.45, 7) is 0.175. The number of benzene rings is 3. The van der Waals surface area contributed by atoms with E-state index >= 15 is 0 Å². The molecule has 1 aliphatic carbocycles. The predicted molar refractivity (Wildman–Crippen MR) is 159 cm³/mol. The molecule has 1 aliphatic heterocycles. The number of aliphatic hydroxyl groups excluding tert-OH is 2. The maximum absolute atomic E-state index is 13.9. The number of nitrogens with one attached hydrogen (secondary N) is 1. The highest BCUT2D eigenvalue weighted by molar-refractivity contribution is 14.1. The average molecular weight is 670 g/mol. The van der Waals surface area contributed by atoms with Crippen LogP contribution in [-0.2, 0) is 22.6 Å². The molecule has 0 radical (unpaired) electrons. The van der Waals surface area contributed by atoms with Gasteiger partial charge in [-0.2, -0.15) is 0 Å². The number of fused-ring (bicyclic) bond motifs is 1. The number of nitrogens with zero attached hydrogens (tertiary/aromatic N) is 1. The van der Waals surface area contributed by atoms with Crippen molar-refractivity contribution in [3.8, 4) is 17.2 Å². The van der Waals surface area contributed by atoms with Gasteiger partial charge in [-0.3, -0.25) is 9.59 Å². The topological polar surface area (TPSA) is 118 Å². The zero-order valence-electron chi connectivity index (χ0n) is 22.2. The summed E-state index contributed by atoms with van der Waals surface area (Å²) in [5.41, 5.74) is 1.99. The monoisotopic (exact) mass is 670 g/mol. The molecule has 2 aliphatic rings. The minimum Gasteiger partial charge on any atom is -0.482 e. The van der Waals surface area contributed by atoms with Gasteiger partial charge in [-0.05, 0) is 64.1 Å². The number of carbonyl (C=O) groups excluding carboxylic acids is 2. The standard InChI is InChI=1S/C31H31IN2O7/c32-23-8-4-5-9-25(23)41-28-17-22(31(38)33-12-13-35)16-24(30(28)37)34(29(36)15-20-6-2-1-3-7-20)18-21-10-11-26-27(14-21)40-19-39-26/h1-11,14,17,24,28,30,35,37H,12-13,15-16,18-19H2,(H,33,38)/t24-,28+,30+/m1/s1. The first-order valence-electron chi connectivity index (χ1n) is 13.3. The molecule has 1 heterocycles. The maximum Gasteiger partial charge on any atom is 0.247 e. The Labute approximate surface area is 251 Å². The van der Waals surface area contributed by atoms with Crippen molar-refractivity contribution in [2.75, 3.05) is 19.9 Å². The van der Waals surface area contributed by atoms with Crippen molar-refractivity contribution in [2.24, 2.45) is 0 Å². The average Bonchev–Trinajstić information content (AvgIpc) is 3.45. The Morgan fingerprint density at radius 2 is 1.76 bits per heavy atom. The number of carbonyl (C=O) groups is 2. The van der Waals surface area contributed by atoms with Gasteiger partial charge < -0.3 is 34.6 Å². The number of rotatable bonds is 10. The van der Waals surface area contributed by atoms with E-state index in [0.29, 0.717) is 22.8 Å². The summed E-state index contributed by atoms with van der Waals surface area (Å²) in [6, 6.07) is 21.5. The van der Waals surface area contributed by atoms with Crippen LogP contribution in [0.3, 0.4) is 0 Å². The third-order valence-corrected chi connectivity index (χ3v) is 7.91. The SMILES string of the molecule is O=C(NCCO)C1=C[C@H](Oc2ccccc2I)[C@@H](O)[C@H](N(Cc2ccc3c(c2)OCO3)C(=O)Cc2ccccc2)C1. The minimum absolute atomic E-state index is 0.0827. The molecule has 41 heavy (non-hydrogen) atoms. The van der Waals surface area contributed by atoms with Crippen molar-refractivity contribution in [3.05, 3.63) is 99.1 Å². The van der Waals surface area contributed by atoms with Gasteiger partial charge in [0.25, 0.3) is 0 Å². The summed E-state index contributed by atoms with van der Waals surface area (Å²) in [6.07, 6.45) is -0.198. The number of ether oxygens (including phenoxy) is 3. The summed E-state index contributed by atoms with van der Waals surface area (Å²) >= 11 is 2.15. The number of aliphatic hydroxyl groups is 2. The molecule has 3 N–H and O–H groups in total. The van der Waals surface area contributed by atoms with Crippen molar-refractivity contribution < 1.29 is 34.0 Å². The lowest BCUT2D eigenvalue weighted by Gasteiger charge is -2.40. The van der Waals surface area contributed by atoms with Crippen LogP contribution in [0.4, 0.5) is 0 Å². The van der Waals surface area contributed by atoms with Gasteiger partial charge in [-0.1, -0.05) is 48.5 Å². The molecule has 0 saturated carbocycles. The Morgan fingerprint density at radius 1 is 1.00 bits per heavy atom. The molecule has 9 nitrogen and oxygen atoms in total. The molecule has 214 valence electrons. The fraction of sp³-hybridized carbons (Fsp3) is 0.290. The Kier molecular flexibility index (Phi) is 9.42. The highest BCUT2D eigenvalue weighted by atomic mass is 127. The molecule has 5 rings (SSSR count). The fourth-order valence-electron chi connectivity index (χ4n) is 4.96. The van der Waals surface area contributed by atoms with Crippen LogP contribution in [0.15, 0.2) is 84.4 Å². The first kappa shape index (κ1) is 28.9.